The number of hydrogen-bond donors (Lipinski definition) is 0. The smallest absolute Gasteiger partial charge is 0.299 e. The van der Waals surface area contributed by atoms with Crippen LogP contribution in [0.5, 0.6) is 0 Å². The maximum atomic E-state index is 11.0. The van der Waals surface area contributed by atoms with Crippen LogP contribution in [0, 0.1) is 11.8 Å². The molecule has 1 fully saturated rings. The van der Waals surface area contributed by atoms with Gasteiger partial charge in [0.15, 0.2) is 0 Å². The van der Waals surface area contributed by atoms with Gasteiger partial charge in [0.1, 0.15) is 0 Å². The van der Waals surface area contributed by atoms with E-state index < -0.39 is 0 Å². The molecule has 3 heteroatoms. The Balaban J connectivity index is 2.45. The van der Waals surface area contributed by atoms with Crippen molar-refractivity contribution in [2.45, 2.75) is 6.92 Å². The van der Waals surface area contributed by atoms with Gasteiger partial charge in [-0.15, -0.1) is 11.8 Å². The quantitative estimate of drug-likeness (QED) is 0.476. The molecular formula is C7H9NOS. The molecule has 1 saturated heterocycles. The summed E-state index contributed by atoms with van der Waals surface area (Å²) in [5, 5.41) is 0. The molecule has 0 aliphatic carbocycles. The minimum atomic E-state index is -0.0347. The van der Waals surface area contributed by atoms with Gasteiger partial charge in [0, 0.05) is 12.3 Å². The summed E-state index contributed by atoms with van der Waals surface area (Å²) in [4.78, 5) is 12.7. The zero-order valence-corrected chi connectivity index (χ0v) is 6.70. The fourth-order valence-corrected chi connectivity index (χ4v) is 1.71. The first-order chi connectivity index (χ1) is 4.84. The second-order valence-corrected chi connectivity index (χ2v) is 3.06. The molecule has 1 amide bonds. The van der Waals surface area contributed by atoms with Gasteiger partial charge in [-0.3, -0.25) is 4.79 Å². The van der Waals surface area contributed by atoms with Gasteiger partial charge in [-0.25, -0.2) is 0 Å². The van der Waals surface area contributed by atoms with Gasteiger partial charge in [0.25, 0.3) is 5.91 Å². The third-order valence-corrected chi connectivity index (χ3v) is 2.24. The Hall–Kier alpha value is -0.620. The van der Waals surface area contributed by atoms with Crippen molar-refractivity contribution in [3.05, 3.63) is 0 Å². The maximum Gasteiger partial charge on any atom is 0.299 e. The molecule has 0 N–H and O–H groups in total. The Morgan fingerprint density at radius 2 is 2.50 bits per heavy atom. The number of hydrogen-bond acceptors (Lipinski definition) is 2. The maximum absolute atomic E-state index is 11.0. The highest BCUT2D eigenvalue weighted by Gasteiger charge is 2.15. The van der Waals surface area contributed by atoms with E-state index >= 15 is 0 Å². The topological polar surface area (TPSA) is 20.3 Å². The molecule has 0 radical (unpaired) electrons. The van der Waals surface area contributed by atoms with E-state index in [-0.39, 0.29) is 5.91 Å². The molecule has 0 bridgehead atoms. The van der Waals surface area contributed by atoms with Gasteiger partial charge in [-0.05, 0) is 12.8 Å². The van der Waals surface area contributed by atoms with E-state index in [2.05, 4.69) is 11.8 Å². The fraction of sp³-hybridized carbons (Fsp3) is 0.571. The van der Waals surface area contributed by atoms with Crippen LogP contribution in [0.15, 0.2) is 0 Å². The SMILES string of the molecule is CC#CC(=O)N1CCSC1. The molecule has 0 unspecified atom stereocenters. The number of thioether (sulfide) groups is 1. The van der Waals surface area contributed by atoms with E-state index in [4.69, 9.17) is 0 Å². The molecule has 10 heavy (non-hydrogen) atoms. The Bertz CT molecular complexity index is 186. The molecule has 0 aromatic carbocycles. The fourth-order valence-electron chi connectivity index (χ4n) is 0.760. The van der Waals surface area contributed by atoms with Gasteiger partial charge in [-0.1, -0.05) is 5.92 Å². The van der Waals surface area contributed by atoms with Crippen LogP contribution in [0.1, 0.15) is 6.92 Å². The van der Waals surface area contributed by atoms with E-state index in [1.165, 1.54) is 0 Å². The first kappa shape index (κ1) is 7.49. The third kappa shape index (κ3) is 1.68. The van der Waals surface area contributed by atoms with E-state index in [1.807, 2.05) is 0 Å². The Morgan fingerprint density at radius 1 is 1.70 bits per heavy atom. The van der Waals surface area contributed by atoms with E-state index in [0.717, 1.165) is 18.2 Å². The predicted molar refractivity (Wildman–Crippen MR) is 42.5 cm³/mol. The molecular weight excluding hydrogens is 146 g/mol. The average molecular weight is 155 g/mol. The summed E-state index contributed by atoms with van der Waals surface area (Å²) < 4.78 is 0. The van der Waals surface area contributed by atoms with Crippen molar-refractivity contribution < 1.29 is 4.79 Å². The molecule has 2 nitrogen and oxygen atoms in total. The zero-order valence-electron chi connectivity index (χ0n) is 5.89. The average Bonchev–Trinajstić information content (AvgIpc) is 2.38. The summed E-state index contributed by atoms with van der Waals surface area (Å²) in [6, 6.07) is 0. The van der Waals surface area contributed by atoms with Crippen LogP contribution >= 0.6 is 11.8 Å². The highest BCUT2D eigenvalue weighted by molar-refractivity contribution is 7.99. The molecule has 0 spiro atoms. The summed E-state index contributed by atoms with van der Waals surface area (Å²) in [6.07, 6.45) is 0. The minimum absolute atomic E-state index is 0.0347. The van der Waals surface area contributed by atoms with Crippen molar-refractivity contribution in [1.82, 2.24) is 4.90 Å². The lowest BCUT2D eigenvalue weighted by molar-refractivity contribution is -0.123. The second kappa shape index (κ2) is 3.52. The summed E-state index contributed by atoms with van der Waals surface area (Å²) in [7, 11) is 0. The molecule has 1 rings (SSSR count). The summed E-state index contributed by atoms with van der Waals surface area (Å²) >= 11 is 1.77. The van der Waals surface area contributed by atoms with Crippen LogP contribution in [0.4, 0.5) is 0 Å². The van der Waals surface area contributed by atoms with Crippen LogP contribution in [-0.4, -0.2) is 29.0 Å². The molecule has 54 valence electrons. The van der Waals surface area contributed by atoms with Crippen LogP contribution in [-0.2, 0) is 4.79 Å². The van der Waals surface area contributed by atoms with Crippen molar-refractivity contribution in [2.24, 2.45) is 0 Å². The Morgan fingerprint density at radius 3 is 3.00 bits per heavy atom. The molecule has 0 aromatic rings. The van der Waals surface area contributed by atoms with Gasteiger partial charge < -0.3 is 4.90 Å². The van der Waals surface area contributed by atoms with Crippen LogP contribution in [0.25, 0.3) is 0 Å². The van der Waals surface area contributed by atoms with Crippen molar-refractivity contribution >= 4 is 17.7 Å². The second-order valence-electron chi connectivity index (χ2n) is 1.98. The van der Waals surface area contributed by atoms with E-state index in [1.54, 1.807) is 23.6 Å². The molecule has 0 aromatic heterocycles. The number of amides is 1. The summed E-state index contributed by atoms with van der Waals surface area (Å²) in [5.74, 6) is 6.94. The van der Waals surface area contributed by atoms with Gasteiger partial charge in [0.2, 0.25) is 0 Å². The minimum Gasteiger partial charge on any atom is -0.322 e. The van der Waals surface area contributed by atoms with Crippen molar-refractivity contribution in [3.63, 3.8) is 0 Å². The zero-order chi connectivity index (χ0) is 7.40. The third-order valence-electron chi connectivity index (χ3n) is 1.27. The van der Waals surface area contributed by atoms with Crippen molar-refractivity contribution in [3.8, 4) is 11.8 Å². The van der Waals surface area contributed by atoms with Gasteiger partial charge >= 0.3 is 0 Å². The lowest BCUT2D eigenvalue weighted by Crippen LogP contribution is -2.26. The number of rotatable bonds is 0. The highest BCUT2D eigenvalue weighted by Crippen LogP contribution is 2.12. The summed E-state index contributed by atoms with van der Waals surface area (Å²) in [6.45, 7) is 2.54. The Labute approximate surface area is 65.0 Å². The normalized spacial score (nSPS) is 16.3. The molecule has 1 aliphatic heterocycles. The first-order valence-corrected chi connectivity index (χ1v) is 4.29. The number of carbonyl (C=O) groups is 1. The molecule has 0 atom stereocenters. The molecule has 0 saturated carbocycles. The standard InChI is InChI=1S/C7H9NOS/c1-2-3-7(9)8-4-5-10-6-8/h4-6H2,1H3. The van der Waals surface area contributed by atoms with E-state index in [9.17, 15) is 4.79 Å². The Kier molecular flexibility index (Phi) is 2.64. The van der Waals surface area contributed by atoms with Gasteiger partial charge in [-0.2, -0.15) is 0 Å². The number of carbonyl (C=O) groups excluding carboxylic acids is 1. The lowest BCUT2D eigenvalue weighted by atomic mass is 10.5. The summed E-state index contributed by atoms with van der Waals surface area (Å²) in [5.41, 5.74) is 0. The van der Waals surface area contributed by atoms with Crippen molar-refractivity contribution in [1.29, 1.82) is 0 Å². The highest BCUT2D eigenvalue weighted by atomic mass is 32.2. The molecule has 1 heterocycles. The van der Waals surface area contributed by atoms with E-state index in [0.29, 0.717) is 0 Å². The molecule has 1 aliphatic rings. The predicted octanol–water partition coefficient (Wildman–Crippen LogP) is 0.543. The number of nitrogens with zero attached hydrogens (tertiary/aromatic N) is 1. The van der Waals surface area contributed by atoms with Gasteiger partial charge in [0.05, 0.1) is 5.88 Å². The van der Waals surface area contributed by atoms with Crippen LogP contribution in [0.3, 0.4) is 0 Å². The van der Waals surface area contributed by atoms with Crippen molar-refractivity contribution in [2.75, 3.05) is 18.2 Å². The largest absolute Gasteiger partial charge is 0.322 e. The monoisotopic (exact) mass is 155 g/mol. The first-order valence-electron chi connectivity index (χ1n) is 3.14. The van der Waals surface area contributed by atoms with Crippen LogP contribution in [0.2, 0.25) is 0 Å². The lowest BCUT2D eigenvalue weighted by Gasteiger charge is -2.08. The van der Waals surface area contributed by atoms with Crippen LogP contribution < -0.4 is 0 Å².